The summed E-state index contributed by atoms with van der Waals surface area (Å²) in [5.41, 5.74) is 0.456. The largest absolute Gasteiger partial charge is 0.495 e. The molecule has 0 bridgehead atoms. The van der Waals surface area contributed by atoms with Crippen molar-refractivity contribution >= 4 is 33.2 Å². The van der Waals surface area contributed by atoms with Gasteiger partial charge in [0.05, 0.1) is 35.9 Å². The molecule has 1 N–H and O–H groups in total. The molecule has 0 unspecified atom stereocenters. The molecular formula is C23H29ClN2O6S. The number of benzene rings is 2. The van der Waals surface area contributed by atoms with E-state index in [1.165, 1.54) is 48.9 Å². The lowest BCUT2D eigenvalue weighted by molar-refractivity contribution is 0.102. The van der Waals surface area contributed by atoms with Gasteiger partial charge in [0.15, 0.2) is 11.5 Å². The second-order valence-electron chi connectivity index (χ2n) is 7.94. The third-order valence-corrected chi connectivity index (χ3v) is 7.39. The van der Waals surface area contributed by atoms with Crippen LogP contribution in [0.15, 0.2) is 35.2 Å². The molecule has 10 heteroatoms. The molecule has 1 aliphatic heterocycles. The molecular weight excluding hydrogens is 468 g/mol. The van der Waals surface area contributed by atoms with Crippen LogP contribution in [0.3, 0.4) is 0 Å². The number of carbonyl (C=O) groups is 1. The molecule has 2 aromatic carbocycles. The Morgan fingerprint density at radius 2 is 1.70 bits per heavy atom. The van der Waals surface area contributed by atoms with Crippen molar-refractivity contribution in [1.29, 1.82) is 0 Å². The molecule has 0 aromatic heterocycles. The predicted molar refractivity (Wildman–Crippen MR) is 127 cm³/mol. The van der Waals surface area contributed by atoms with Crippen molar-refractivity contribution in [3.05, 3.63) is 40.9 Å². The quantitative estimate of drug-likeness (QED) is 0.575. The Hall–Kier alpha value is -2.49. The fourth-order valence-electron chi connectivity index (χ4n) is 3.60. The number of carbonyl (C=O) groups excluding carboxylic acids is 1. The highest BCUT2D eigenvalue weighted by Gasteiger charge is 2.27. The minimum atomic E-state index is -3.68. The first-order chi connectivity index (χ1) is 15.7. The summed E-state index contributed by atoms with van der Waals surface area (Å²) >= 11 is 6.34. The van der Waals surface area contributed by atoms with E-state index < -0.39 is 15.9 Å². The number of ether oxygens (including phenoxy) is 3. The minimum Gasteiger partial charge on any atom is -0.495 e. The van der Waals surface area contributed by atoms with E-state index in [-0.39, 0.29) is 27.3 Å². The van der Waals surface area contributed by atoms with E-state index in [1.807, 2.05) is 13.8 Å². The molecule has 1 fully saturated rings. The lowest BCUT2D eigenvalue weighted by Gasteiger charge is -2.26. The molecule has 33 heavy (non-hydrogen) atoms. The molecule has 0 saturated carbocycles. The number of piperidine rings is 1. The van der Waals surface area contributed by atoms with Crippen LogP contribution in [-0.4, -0.2) is 52.0 Å². The van der Waals surface area contributed by atoms with E-state index in [0.717, 1.165) is 19.3 Å². The topological polar surface area (TPSA) is 94.2 Å². The van der Waals surface area contributed by atoms with Crippen LogP contribution in [0, 0.1) is 0 Å². The van der Waals surface area contributed by atoms with Gasteiger partial charge >= 0.3 is 0 Å². The minimum absolute atomic E-state index is 0.0943. The number of methoxy groups -OCH3 is 2. The van der Waals surface area contributed by atoms with Crippen molar-refractivity contribution in [3.8, 4) is 17.2 Å². The zero-order valence-electron chi connectivity index (χ0n) is 19.2. The van der Waals surface area contributed by atoms with Crippen molar-refractivity contribution in [2.45, 2.75) is 44.1 Å². The van der Waals surface area contributed by atoms with E-state index in [0.29, 0.717) is 30.3 Å². The van der Waals surface area contributed by atoms with Crippen LogP contribution < -0.4 is 19.5 Å². The van der Waals surface area contributed by atoms with E-state index in [4.69, 9.17) is 25.8 Å². The highest BCUT2D eigenvalue weighted by Crippen LogP contribution is 2.38. The number of hydrogen-bond acceptors (Lipinski definition) is 6. The summed E-state index contributed by atoms with van der Waals surface area (Å²) in [6.07, 6.45) is 2.55. The average Bonchev–Trinajstić information content (AvgIpc) is 2.80. The predicted octanol–water partition coefficient (Wildman–Crippen LogP) is 4.57. The van der Waals surface area contributed by atoms with Gasteiger partial charge in [0, 0.05) is 18.7 Å². The summed E-state index contributed by atoms with van der Waals surface area (Å²) in [4.78, 5) is 13.1. The molecule has 2 aromatic rings. The number of hydrogen-bond donors (Lipinski definition) is 1. The fraction of sp³-hybridized carbons (Fsp3) is 0.435. The van der Waals surface area contributed by atoms with Crippen LogP contribution in [0.2, 0.25) is 5.02 Å². The van der Waals surface area contributed by atoms with Crippen LogP contribution >= 0.6 is 11.6 Å². The van der Waals surface area contributed by atoms with Gasteiger partial charge in [0.2, 0.25) is 10.0 Å². The molecule has 1 heterocycles. The summed E-state index contributed by atoms with van der Waals surface area (Å²) in [6, 6.07) is 7.41. The number of rotatable bonds is 8. The highest BCUT2D eigenvalue weighted by molar-refractivity contribution is 7.89. The Morgan fingerprint density at radius 3 is 2.30 bits per heavy atom. The maximum Gasteiger partial charge on any atom is 0.255 e. The molecule has 8 nitrogen and oxygen atoms in total. The number of anilines is 1. The van der Waals surface area contributed by atoms with Gasteiger partial charge in [0.25, 0.3) is 5.91 Å². The van der Waals surface area contributed by atoms with Gasteiger partial charge in [0.1, 0.15) is 5.75 Å². The third kappa shape index (κ3) is 5.72. The van der Waals surface area contributed by atoms with Gasteiger partial charge in [-0.25, -0.2) is 8.42 Å². The normalized spacial score (nSPS) is 14.7. The van der Waals surface area contributed by atoms with Gasteiger partial charge in [-0.2, -0.15) is 4.31 Å². The standard InChI is InChI=1S/C23H29ClN2O6S/c1-15(2)32-22-18(24)12-16(13-21(22)31-4)23(27)25-19-14-17(8-9-20(19)30-3)33(28,29)26-10-6-5-7-11-26/h8-9,12-15H,5-7,10-11H2,1-4H3,(H,25,27). The second kappa shape index (κ2) is 10.6. The Bertz CT molecular complexity index is 1110. The van der Waals surface area contributed by atoms with Crippen LogP contribution in [-0.2, 0) is 10.0 Å². The Labute approximate surface area is 199 Å². The van der Waals surface area contributed by atoms with Gasteiger partial charge in [-0.3, -0.25) is 4.79 Å². The fourth-order valence-corrected chi connectivity index (χ4v) is 5.39. The number of nitrogens with zero attached hydrogens (tertiary/aromatic N) is 1. The van der Waals surface area contributed by atoms with Gasteiger partial charge in [-0.1, -0.05) is 18.0 Å². The number of sulfonamides is 1. The summed E-state index contributed by atoms with van der Waals surface area (Å²) in [7, 11) is -0.773. The average molecular weight is 497 g/mol. The van der Waals surface area contributed by atoms with Crippen LogP contribution in [0.5, 0.6) is 17.2 Å². The maximum absolute atomic E-state index is 13.1. The molecule has 0 aliphatic carbocycles. The number of amides is 1. The first-order valence-electron chi connectivity index (χ1n) is 10.7. The Morgan fingerprint density at radius 1 is 1.03 bits per heavy atom. The summed E-state index contributed by atoms with van der Waals surface area (Å²) < 4.78 is 44.0. The molecule has 1 aliphatic rings. The summed E-state index contributed by atoms with van der Waals surface area (Å²) in [5, 5.41) is 2.95. The molecule has 1 amide bonds. The highest BCUT2D eigenvalue weighted by atomic mass is 35.5. The summed E-state index contributed by atoms with van der Waals surface area (Å²) in [6.45, 7) is 4.68. The van der Waals surface area contributed by atoms with Crippen molar-refractivity contribution in [2.24, 2.45) is 0 Å². The molecule has 3 rings (SSSR count). The number of halogens is 1. The molecule has 0 atom stereocenters. The smallest absolute Gasteiger partial charge is 0.255 e. The van der Waals surface area contributed by atoms with E-state index in [1.54, 1.807) is 0 Å². The Kier molecular flexibility index (Phi) is 8.10. The zero-order valence-corrected chi connectivity index (χ0v) is 20.8. The van der Waals surface area contributed by atoms with E-state index >= 15 is 0 Å². The van der Waals surface area contributed by atoms with Crippen molar-refractivity contribution in [2.75, 3.05) is 32.6 Å². The van der Waals surface area contributed by atoms with Gasteiger partial charge in [-0.05, 0) is 57.0 Å². The van der Waals surface area contributed by atoms with Gasteiger partial charge in [-0.15, -0.1) is 0 Å². The lowest BCUT2D eigenvalue weighted by Crippen LogP contribution is -2.35. The maximum atomic E-state index is 13.1. The molecule has 1 saturated heterocycles. The van der Waals surface area contributed by atoms with Crippen molar-refractivity contribution < 1.29 is 27.4 Å². The van der Waals surface area contributed by atoms with Crippen LogP contribution in [0.4, 0.5) is 5.69 Å². The van der Waals surface area contributed by atoms with Crippen molar-refractivity contribution in [3.63, 3.8) is 0 Å². The second-order valence-corrected chi connectivity index (χ2v) is 10.3. The van der Waals surface area contributed by atoms with Gasteiger partial charge < -0.3 is 19.5 Å². The third-order valence-electron chi connectivity index (χ3n) is 5.22. The van der Waals surface area contributed by atoms with Crippen LogP contribution in [0.1, 0.15) is 43.5 Å². The Balaban J connectivity index is 1.92. The lowest BCUT2D eigenvalue weighted by atomic mass is 10.1. The molecule has 180 valence electrons. The van der Waals surface area contributed by atoms with E-state index in [2.05, 4.69) is 5.32 Å². The van der Waals surface area contributed by atoms with Crippen molar-refractivity contribution in [1.82, 2.24) is 4.31 Å². The molecule has 0 spiro atoms. The summed E-state index contributed by atoms with van der Waals surface area (Å²) in [5.74, 6) is 0.489. The van der Waals surface area contributed by atoms with Crippen LogP contribution in [0.25, 0.3) is 0 Å². The number of nitrogens with one attached hydrogen (secondary N) is 1. The SMILES string of the molecule is COc1ccc(S(=O)(=O)N2CCCCC2)cc1NC(=O)c1cc(Cl)c(OC(C)C)c(OC)c1. The monoisotopic (exact) mass is 496 g/mol. The first-order valence-corrected chi connectivity index (χ1v) is 12.5. The van der Waals surface area contributed by atoms with E-state index in [9.17, 15) is 13.2 Å². The zero-order chi connectivity index (χ0) is 24.2. The first kappa shape index (κ1) is 25.1. The molecule has 0 radical (unpaired) electrons.